The SMILES string of the molecule is C[Si](C)(C)CN(Cc1ccccc1)C(=O)CC1(C(=O)N2CCCC2)C=C[CH+]C([O-])=C1. The van der Waals surface area contributed by atoms with Crippen LogP contribution in [0.5, 0.6) is 0 Å². The van der Waals surface area contributed by atoms with Gasteiger partial charge in [-0.3, -0.25) is 9.59 Å². The zero-order valence-corrected chi connectivity index (χ0v) is 19.3. The van der Waals surface area contributed by atoms with Crippen LogP contribution in [0.1, 0.15) is 24.8 Å². The number of likely N-dealkylation sites (tertiary alicyclic amines) is 1. The molecule has 1 aliphatic heterocycles. The van der Waals surface area contributed by atoms with Crippen LogP contribution in [0.15, 0.2) is 54.3 Å². The summed E-state index contributed by atoms with van der Waals surface area (Å²) in [6.45, 7) is 8.59. The fourth-order valence-corrected chi connectivity index (χ4v) is 5.60. The highest BCUT2D eigenvalue weighted by molar-refractivity contribution is 6.76. The number of carbonyl (C=O) groups excluding carboxylic acids is 2. The lowest BCUT2D eigenvalue weighted by molar-refractivity contribution is -0.299. The first-order chi connectivity index (χ1) is 14.2. The predicted octanol–water partition coefficient (Wildman–Crippen LogP) is 2.91. The van der Waals surface area contributed by atoms with Crippen LogP contribution in [-0.2, 0) is 16.1 Å². The second-order valence-electron chi connectivity index (χ2n) is 9.59. The van der Waals surface area contributed by atoms with E-state index < -0.39 is 13.5 Å². The Bertz CT molecular complexity index is 823. The maximum Gasteiger partial charge on any atom is 0.263 e. The van der Waals surface area contributed by atoms with Gasteiger partial charge < -0.3 is 14.9 Å². The van der Waals surface area contributed by atoms with Crippen molar-refractivity contribution < 1.29 is 14.7 Å². The molecule has 1 fully saturated rings. The summed E-state index contributed by atoms with van der Waals surface area (Å²) in [4.78, 5) is 30.6. The summed E-state index contributed by atoms with van der Waals surface area (Å²) in [5.74, 6) is -0.416. The minimum Gasteiger partial charge on any atom is -0.852 e. The number of hydrogen-bond acceptors (Lipinski definition) is 3. The molecule has 0 radical (unpaired) electrons. The van der Waals surface area contributed by atoms with E-state index in [1.165, 1.54) is 12.5 Å². The van der Waals surface area contributed by atoms with E-state index in [9.17, 15) is 14.7 Å². The highest BCUT2D eigenvalue weighted by Crippen LogP contribution is 2.35. The molecule has 1 saturated heterocycles. The summed E-state index contributed by atoms with van der Waals surface area (Å²) in [5.41, 5.74) is -0.113. The molecule has 0 spiro atoms. The van der Waals surface area contributed by atoms with Crippen molar-refractivity contribution in [3.63, 3.8) is 0 Å². The van der Waals surface area contributed by atoms with Gasteiger partial charge in [-0.1, -0.05) is 50.0 Å². The smallest absolute Gasteiger partial charge is 0.263 e. The Morgan fingerprint density at radius 2 is 1.83 bits per heavy atom. The van der Waals surface area contributed by atoms with Crippen LogP contribution < -0.4 is 5.11 Å². The van der Waals surface area contributed by atoms with Crippen molar-refractivity contribution in [1.29, 1.82) is 0 Å². The van der Waals surface area contributed by atoms with E-state index >= 15 is 0 Å². The van der Waals surface area contributed by atoms with Gasteiger partial charge in [-0.25, -0.2) is 0 Å². The molecule has 6 heteroatoms. The van der Waals surface area contributed by atoms with Crippen LogP contribution >= 0.6 is 0 Å². The maximum absolute atomic E-state index is 13.5. The fraction of sp³-hybridized carbons (Fsp3) is 0.458. The molecular weight excluding hydrogens is 392 g/mol. The lowest BCUT2D eigenvalue weighted by Gasteiger charge is -2.33. The van der Waals surface area contributed by atoms with Crippen molar-refractivity contribution in [3.05, 3.63) is 66.3 Å². The number of carbonyl (C=O) groups is 2. The van der Waals surface area contributed by atoms with Crippen LogP contribution in [0.2, 0.25) is 19.6 Å². The Morgan fingerprint density at radius 1 is 1.17 bits per heavy atom. The Hall–Kier alpha value is -2.47. The molecule has 30 heavy (non-hydrogen) atoms. The molecule has 160 valence electrons. The van der Waals surface area contributed by atoms with Gasteiger partial charge in [0.25, 0.3) is 5.91 Å². The van der Waals surface area contributed by atoms with Crippen molar-refractivity contribution in [1.82, 2.24) is 9.80 Å². The lowest BCUT2D eigenvalue weighted by Crippen LogP contribution is -2.48. The molecule has 3 rings (SSSR count). The van der Waals surface area contributed by atoms with Gasteiger partial charge >= 0.3 is 0 Å². The van der Waals surface area contributed by atoms with E-state index in [1.54, 1.807) is 17.1 Å². The van der Waals surface area contributed by atoms with Crippen molar-refractivity contribution >= 4 is 19.9 Å². The number of nitrogens with zero attached hydrogens (tertiary/aromatic N) is 2. The van der Waals surface area contributed by atoms with Gasteiger partial charge in [-0.2, -0.15) is 0 Å². The molecule has 1 aromatic rings. The number of rotatable bonds is 7. The van der Waals surface area contributed by atoms with E-state index in [1.807, 2.05) is 35.2 Å². The summed E-state index contributed by atoms with van der Waals surface area (Å²) in [7, 11) is -1.58. The molecule has 1 aromatic carbocycles. The summed E-state index contributed by atoms with van der Waals surface area (Å²) < 4.78 is 0. The molecule has 1 aliphatic carbocycles. The third-order valence-electron chi connectivity index (χ3n) is 5.52. The lowest BCUT2D eigenvalue weighted by atomic mass is 9.78. The normalized spacial score (nSPS) is 21.2. The van der Waals surface area contributed by atoms with Crippen LogP contribution in [0.25, 0.3) is 0 Å². The Morgan fingerprint density at radius 3 is 2.43 bits per heavy atom. The summed E-state index contributed by atoms with van der Waals surface area (Å²) in [6, 6.07) is 9.93. The van der Waals surface area contributed by atoms with Crippen LogP contribution in [0.4, 0.5) is 0 Å². The summed E-state index contributed by atoms with van der Waals surface area (Å²) in [5, 5.41) is 12.2. The zero-order chi connectivity index (χ0) is 21.8. The summed E-state index contributed by atoms with van der Waals surface area (Å²) in [6.07, 6.45) is 8.90. The molecule has 1 heterocycles. The second-order valence-corrected chi connectivity index (χ2v) is 15.0. The molecule has 0 aromatic heterocycles. The van der Waals surface area contributed by atoms with Crippen LogP contribution in [0, 0.1) is 11.8 Å². The first-order valence-electron chi connectivity index (χ1n) is 10.7. The average molecular weight is 425 g/mol. The van der Waals surface area contributed by atoms with Gasteiger partial charge in [0.2, 0.25) is 5.91 Å². The monoisotopic (exact) mass is 424 g/mol. The Balaban J connectivity index is 1.86. The largest absolute Gasteiger partial charge is 0.852 e. The Kier molecular flexibility index (Phi) is 6.76. The molecule has 0 N–H and O–H groups in total. The standard InChI is InChI=1S/C24H32N2O3Si/c1-30(2,3)19-26(18-20-10-5-4-6-11-20)22(28)17-24(13-9-12-21(27)16-24)23(29)25-14-7-8-15-25/h4-6,9-13,16H,7-8,14-15,17-19H2,1-3H3. The van der Waals surface area contributed by atoms with E-state index in [2.05, 4.69) is 19.6 Å². The Labute approximate surface area is 181 Å². The number of hydrogen-bond donors (Lipinski definition) is 0. The van der Waals surface area contributed by atoms with Crippen molar-refractivity contribution in [2.24, 2.45) is 5.41 Å². The third-order valence-corrected chi connectivity index (χ3v) is 6.85. The summed E-state index contributed by atoms with van der Waals surface area (Å²) >= 11 is 0. The molecule has 0 bridgehead atoms. The molecular formula is C24H32N2O3Si. The van der Waals surface area contributed by atoms with E-state index in [4.69, 9.17) is 0 Å². The van der Waals surface area contributed by atoms with Gasteiger partial charge in [0, 0.05) is 56.2 Å². The molecule has 5 nitrogen and oxygen atoms in total. The van der Waals surface area contributed by atoms with Crippen molar-refractivity contribution in [3.8, 4) is 0 Å². The van der Waals surface area contributed by atoms with Crippen LogP contribution in [-0.4, -0.2) is 48.9 Å². The minimum absolute atomic E-state index is 0.00424. The second kappa shape index (κ2) is 9.12. The fourth-order valence-electron chi connectivity index (χ4n) is 4.17. The van der Waals surface area contributed by atoms with E-state index in [0.717, 1.165) is 18.4 Å². The molecule has 1 unspecified atom stereocenters. The van der Waals surface area contributed by atoms with Gasteiger partial charge in [0.1, 0.15) is 0 Å². The first kappa shape index (κ1) is 22.2. The molecule has 1 atom stereocenters. The van der Waals surface area contributed by atoms with Crippen LogP contribution in [0.3, 0.4) is 0 Å². The van der Waals surface area contributed by atoms with Gasteiger partial charge in [0.15, 0.2) is 5.41 Å². The highest BCUT2D eigenvalue weighted by Gasteiger charge is 2.46. The van der Waals surface area contributed by atoms with E-state index in [-0.39, 0.29) is 24.0 Å². The number of amides is 2. The van der Waals surface area contributed by atoms with Gasteiger partial charge in [-0.05, 0) is 18.4 Å². The van der Waals surface area contributed by atoms with Gasteiger partial charge in [-0.15, -0.1) is 0 Å². The molecule has 0 saturated carbocycles. The topological polar surface area (TPSA) is 63.7 Å². The van der Waals surface area contributed by atoms with E-state index in [0.29, 0.717) is 25.8 Å². The minimum atomic E-state index is -1.58. The maximum atomic E-state index is 13.5. The van der Waals surface area contributed by atoms with Crippen molar-refractivity contribution in [2.45, 2.75) is 45.4 Å². The number of benzene rings is 1. The predicted molar refractivity (Wildman–Crippen MR) is 120 cm³/mol. The van der Waals surface area contributed by atoms with Crippen molar-refractivity contribution in [2.75, 3.05) is 19.3 Å². The quantitative estimate of drug-likeness (QED) is 0.499. The average Bonchev–Trinajstić information content (AvgIpc) is 3.21. The molecule has 2 amide bonds. The molecule has 2 aliphatic rings. The first-order valence-corrected chi connectivity index (χ1v) is 14.4. The zero-order valence-electron chi connectivity index (χ0n) is 18.3. The van der Waals surface area contributed by atoms with Gasteiger partial charge in [0.05, 0.1) is 14.5 Å². The number of allylic oxidation sites excluding steroid dienone is 1. The highest BCUT2D eigenvalue weighted by atomic mass is 28.3. The third kappa shape index (κ3) is 5.57.